The lowest BCUT2D eigenvalue weighted by Crippen LogP contribution is -2.36. The van der Waals surface area contributed by atoms with Crippen molar-refractivity contribution in [1.29, 1.82) is 0 Å². The lowest BCUT2D eigenvalue weighted by molar-refractivity contribution is -0.0239. The highest BCUT2D eigenvalue weighted by atomic mass is 32.1. The Labute approximate surface area is 90.5 Å². The van der Waals surface area contributed by atoms with Crippen LogP contribution in [0.25, 0.3) is 0 Å². The molecule has 0 radical (unpaired) electrons. The van der Waals surface area contributed by atoms with Crippen LogP contribution in [0.1, 0.15) is 44.9 Å². The first-order valence-electron chi connectivity index (χ1n) is 5.52. The number of thiol groups is 1. The fraction of sp³-hybridized carbons (Fsp3) is 1.00. The molecule has 0 aromatic rings. The lowest BCUT2D eigenvalue weighted by atomic mass is 10.0. The molecule has 0 N–H and O–H groups in total. The van der Waals surface area contributed by atoms with Gasteiger partial charge in [0.1, 0.15) is 0 Å². The van der Waals surface area contributed by atoms with Gasteiger partial charge in [-0.2, -0.15) is 12.6 Å². The van der Waals surface area contributed by atoms with E-state index in [0.29, 0.717) is 5.22 Å². The van der Waals surface area contributed by atoms with Crippen molar-refractivity contribution in [3.05, 3.63) is 0 Å². The summed E-state index contributed by atoms with van der Waals surface area (Å²) >= 11 is 4.22. The van der Waals surface area contributed by atoms with Crippen molar-refractivity contribution in [1.82, 2.24) is 0 Å². The van der Waals surface area contributed by atoms with E-state index in [-0.39, 0.29) is 0 Å². The first-order chi connectivity index (χ1) is 6.27. The van der Waals surface area contributed by atoms with E-state index in [4.69, 9.17) is 4.74 Å². The quantitative estimate of drug-likeness (QED) is 0.420. The van der Waals surface area contributed by atoms with Crippen LogP contribution >= 0.6 is 12.6 Å². The van der Waals surface area contributed by atoms with Crippen molar-refractivity contribution in [2.75, 3.05) is 12.4 Å². The number of unbranched alkanes of at least 4 members (excludes halogenated alkanes) is 2. The standard InChI is InChI=1S/C10H22OSSi/c12-9-5-1-2-6-10(13)7-3-4-8-11-10/h12H,1-9H2,13H3. The summed E-state index contributed by atoms with van der Waals surface area (Å²) in [4.78, 5) is 0. The second kappa shape index (κ2) is 6.09. The Morgan fingerprint density at radius 2 is 2.08 bits per heavy atom. The summed E-state index contributed by atoms with van der Waals surface area (Å²) in [5.74, 6) is 1.04. The third kappa shape index (κ3) is 4.52. The maximum absolute atomic E-state index is 5.89. The maximum atomic E-state index is 5.89. The molecule has 1 rings (SSSR count). The fourth-order valence-corrected chi connectivity index (χ4v) is 3.11. The Kier molecular flexibility index (Phi) is 5.44. The van der Waals surface area contributed by atoms with Crippen LogP contribution in [0.4, 0.5) is 0 Å². The van der Waals surface area contributed by atoms with E-state index >= 15 is 0 Å². The van der Waals surface area contributed by atoms with Crippen LogP contribution in [0.2, 0.25) is 0 Å². The molecule has 13 heavy (non-hydrogen) atoms. The molecule has 1 saturated heterocycles. The van der Waals surface area contributed by atoms with Gasteiger partial charge in [-0.15, -0.1) is 0 Å². The van der Waals surface area contributed by atoms with Gasteiger partial charge in [-0.05, 0) is 37.9 Å². The van der Waals surface area contributed by atoms with Gasteiger partial charge in [0.25, 0.3) is 0 Å². The SMILES string of the molecule is [SiH3]C1(CCCCCS)CCCCO1. The molecule has 1 fully saturated rings. The molecule has 1 aliphatic heterocycles. The summed E-state index contributed by atoms with van der Waals surface area (Å²) in [5, 5.41) is 0.342. The molecule has 0 bridgehead atoms. The lowest BCUT2D eigenvalue weighted by Gasteiger charge is -2.34. The smallest absolute Gasteiger partial charge is 0.0486 e. The minimum atomic E-state index is 0.342. The third-order valence-corrected chi connectivity index (χ3v) is 4.52. The van der Waals surface area contributed by atoms with Gasteiger partial charge < -0.3 is 4.74 Å². The molecule has 0 amide bonds. The van der Waals surface area contributed by atoms with Gasteiger partial charge in [0.05, 0.1) is 0 Å². The van der Waals surface area contributed by atoms with Crippen LogP contribution in [0.3, 0.4) is 0 Å². The normalized spacial score (nSPS) is 29.3. The second-order valence-corrected chi connectivity index (χ2v) is 6.56. The minimum Gasteiger partial charge on any atom is -0.380 e. The average Bonchev–Trinajstić information content (AvgIpc) is 2.14. The van der Waals surface area contributed by atoms with E-state index in [1.807, 2.05) is 0 Å². The maximum Gasteiger partial charge on any atom is 0.0486 e. The highest BCUT2D eigenvalue weighted by molar-refractivity contribution is 7.80. The molecule has 78 valence electrons. The van der Waals surface area contributed by atoms with Gasteiger partial charge in [0.2, 0.25) is 0 Å². The Balaban J connectivity index is 2.10. The highest BCUT2D eigenvalue weighted by Crippen LogP contribution is 2.26. The summed E-state index contributed by atoms with van der Waals surface area (Å²) in [7, 11) is 1.21. The number of hydrogen-bond donors (Lipinski definition) is 1. The van der Waals surface area contributed by atoms with Crippen LogP contribution in [0.15, 0.2) is 0 Å². The number of hydrogen-bond acceptors (Lipinski definition) is 2. The average molecular weight is 218 g/mol. The molecule has 1 nitrogen and oxygen atoms in total. The van der Waals surface area contributed by atoms with Crippen molar-refractivity contribution >= 4 is 22.9 Å². The molecular formula is C10H22OSSi. The highest BCUT2D eigenvalue weighted by Gasteiger charge is 2.26. The molecule has 1 aliphatic rings. The Bertz CT molecular complexity index is 135. The van der Waals surface area contributed by atoms with E-state index in [9.17, 15) is 0 Å². The molecule has 0 aromatic heterocycles. The van der Waals surface area contributed by atoms with Gasteiger partial charge in [0, 0.05) is 22.1 Å². The van der Waals surface area contributed by atoms with Crippen LogP contribution in [0.5, 0.6) is 0 Å². The molecule has 0 aliphatic carbocycles. The molecule has 0 aromatic carbocycles. The second-order valence-electron chi connectivity index (χ2n) is 4.29. The van der Waals surface area contributed by atoms with Crippen molar-refractivity contribution in [2.24, 2.45) is 0 Å². The zero-order chi connectivity index (χ0) is 9.57. The molecule has 3 heteroatoms. The van der Waals surface area contributed by atoms with E-state index in [1.165, 1.54) is 55.2 Å². The summed E-state index contributed by atoms with van der Waals surface area (Å²) in [6.07, 6.45) is 9.21. The summed E-state index contributed by atoms with van der Waals surface area (Å²) in [6.45, 7) is 1.01. The predicted octanol–water partition coefficient (Wildman–Crippen LogP) is 1.74. The first kappa shape index (κ1) is 11.6. The Morgan fingerprint density at radius 1 is 1.23 bits per heavy atom. The number of ether oxygens (including phenoxy) is 1. The fourth-order valence-electron chi connectivity index (χ4n) is 1.98. The molecule has 1 unspecified atom stereocenters. The van der Waals surface area contributed by atoms with Gasteiger partial charge in [-0.25, -0.2) is 0 Å². The summed E-state index contributed by atoms with van der Waals surface area (Å²) in [5.41, 5.74) is 0. The van der Waals surface area contributed by atoms with Crippen molar-refractivity contribution in [3.8, 4) is 0 Å². The van der Waals surface area contributed by atoms with Crippen molar-refractivity contribution < 1.29 is 4.74 Å². The summed E-state index contributed by atoms with van der Waals surface area (Å²) in [6, 6.07) is 0. The molecule has 1 atom stereocenters. The van der Waals surface area contributed by atoms with Gasteiger partial charge >= 0.3 is 0 Å². The van der Waals surface area contributed by atoms with Crippen LogP contribution in [-0.2, 0) is 4.74 Å². The van der Waals surface area contributed by atoms with E-state index in [2.05, 4.69) is 12.6 Å². The molecule has 0 spiro atoms. The molecular weight excluding hydrogens is 196 g/mol. The van der Waals surface area contributed by atoms with E-state index in [1.54, 1.807) is 0 Å². The monoisotopic (exact) mass is 218 g/mol. The van der Waals surface area contributed by atoms with Gasteiger partial charge in [-0.1, -0.05) is 12.8 Å². The largest absolute Gasteiger partial charge is 0.380 e. The topological polar surface area (TPSA) is 9.23 Å². The zero-order valence-corrected chi connectivity index (χ0v) is 11.6. The molecule has 1 heterocycles. The Morgan fingerprint density at radius 3 is 2.69 bits per heavy atom. The van der Waals surface area contributed by atoms with Gasteiger partial charge in [-0.3, -0.25) is 0 Å². The van der Waals surface area contributed by atoms with Crippen LogP contribution in [-0.4, -0.2) is 27.8 Å². The summed E-state index contributed by atoms with van der Waals surface area (Å²) < 4.78 is 5.89. The Hall–Kier alpha value is 0.527. The van der Waals surface area contributed by atoms with E-state index in [0.717, 1.165) is 12.4 Å². The van der Waals surface area contributed by atoms with Crippen LogP contribution in [0, 0.1) is 0 Å². The predicted molar refractivity (Wildman–Crippen MR) is 64.8 cm³/mol. The van der Waals surface area contributed by atoms with E-state index < -0.39 is 0 Å². The van der Waals surface area contributed by atoms with Crippen LogP contribution < -0.4 is 0 Å². The molecule has 0 saturated carbocycles. The van der Waals surface area contributed by atoms with Crippen molar-refractivity contribution in [2.45, 2.75) is 50.2 Å². The van der Waals surface area contributed by atoms with Gasteiger partial charge in [0.15, 0.2) is 0 Å². The number of rotatable bonds is 5. The van der Waals surface area contributed by atoms with Crippen molar-refractivity contribution in [3.63, 3.8) is 0 Å². The minimum absolute atomic E-state index is 0.342. The third-order valence-electron chi connectivity index (χ3n) is 2.91. The zero-order valence-electron chi connectivity index (χ0n) is 8.72. The first-order valence-corrected chi connectivity index (χ1v) is 7.15.